The van der Waals surface area contributed by atoms with Crippen LogP contribution >= 0.6 is 22.7 Å². The Morgan fingerprint density at radius 1 is 0.312 bits per heavy atom. The molecule has 0 amide bonds. The van der Waals surface area contributed by atoms with Gasteiger partial charge in [-0.05, 0) is 131 Å². The molecular formula is C59H113N3S2. The van der Waals surface area contributed by atoms with Gasteiger partial charge < -0.3 is 0 Å². The molecule has 0 bridgehead atoms. The molecule has 64 heavy (non-hydrogen) atoms. The van der Waals surface area contributed by atoms with Gasteiger partial charge in [0.2, 0.25) is 0 Å². The van der Waals surface area contributed by atoms with Crippen LogP contribution in [0.15, 0.2) is 127 Å². The van der Waals surface area contributed by atoms with Crippen molar-refractivity contribution in [3.63, 3.8) is 0 Å². The molecule has 0 radical (unpaired) electrons. The van der Waals surface area contributed by atoms with E-state index in [4.69, 9.17) is 0 Å². The zero-order valence-corrected chi connectivity index (χ0v) is 47.9. The molecule has 0 aliphatic rings. The quantitative estimate of drug-likeness (QED) is 0.152. The van der Waals surface area contributed by atoms with Crippen molar-refractivity contribution in [2.75, 3.05) is 0 Å². The predicted molar refractivity (Wildman–Crippen MR) is 313 cm³/mol. The second-order valence-electron chi connectivity index (χ2n) is 9.50. The van der Waals surface area contributed by atoms with Crippen molar-refractivity contribution in [1.82, 2.24) is 15.0 Å². The van der Waals surface area contributed by atoms with Crippen LogP contribution in [0.4, 0.5) is 0 Å². The Balaban J connectivity index is -0.0000000467. The van der Waals surface area contributed by atoms with Crippen LogP contribution in [0.1, 0.15) is 197 Å². The second-order valence-corrected chi connectivity index (χ2v) is 11.7. The van der Waals surface area contributed by atoms with E-state index in [1.54, 1.807) is 47.5 Å². The van der Waals surface area contributed by atoms with E-state index in [9.17, 15) is 0 Å². The van der Waals surface area contributed by atoms with Crippen LogP contribution in [-0.2, 0) is 0 Å². The van der Waals surface area contributed by atoms with Gasteiger partial charge in [0.05, 0.1) is 0 Å². The van der Waals surface area contributed by atoms with E-state index in [0.717, 1.165) is 5.69 Å². The van der Waals surface area contributed by atoms with Crippen LogP contribution in [0.25, 0.3) is 0 Å². The summed E-state index contributed by atoms with van der Waals surface area (Å²) < 4.78 is 0. The summed E-state index contributed by atoms with van der Waals surface area (Å²) in [5.74, 6) is 0. The highest BCUT2D eigenvalue weighted by atomic mass is 32.1. The fourth-order valence-corrected chi connectivity index (χ4v) is 4.21. The van der Waals surface area contributed by atoms with Gasteiger partial charge in [-0.25, -0.2) is 0 Å². The Labute approximate surface area is 414 Å². The Kier molecular flexibility index (Phi) is 133. The van der Waals surface area contributed by atoms with Crippen LogP contribution in [0.2, 0.25) is 0 Å². The molecule has 376 valence electrons. The molecule has 0 spiro atoms. The summed E-state index contributed by atoms with van der Waals surface area (Å²) in [6, 6.07) is 28.3. The third kappa shape index (κ3) is 81.9. The summed E-state index contributed by atoms with van der Waals surface area (Å²) in [6.45, 7) is 56.7. The van der Waals surface area contributed by atoms with Crippen LogP contribution in [0, 0.1) is 55.4 Å². The fraction of sp³-hybridized carbons (Fsp3) is 0.508. The summed E-state index contributed by atoms with van der Waals surface area (Å²) >= 11 is 3.61. The maximum absolute atomic E-state index is 3.98. The molecule has 0 saturated carbocycles. The molecule has 0 unspecified atom stereocenters. The van der Waals surface area contributed by atoms with E-state index in [-0.39, 0.29) is 14.9 Å². The lowest BCUT2D eigenvalue weighted by Gasteiger charge is -1.82. The smallest absolute Gasteiger partial charge is 0.0372 e. The molecular weight excluding hydrogens is 815 g/mol. The SMILES string of the molecule is C.C.CC.CC.CC.CC.CC.CC.CC.CC.CC.CC.Cc1ccccc1.Cc1ccccn1.Cc1cccnc1.Cc1ccncc1.Cc1ccsc1C.Cc1ccsc1C. The minimum absolute atomic E-state index is 0. The molecule has 0 aliphatic heterocycles. The normalized spacial score (nSPS) is 6.81. The molecule has 0 aliphatic carbocycles. The first-order valence-corrected chi connectivity index (χ1v) is 25.6. The number of aryl methyl sites for hydroxylation is 8. The van der Waals surface area contributed by atoms with Gasteiger partial charge in [0.15, 0.2) is 0 Å². The number of aromatic nitrogens is 3. The van der Waals surface area contributed by atoms with Crippen LogP contribution in [-0.4, -0.2) is 15.0 Å². The van der Waals surface area contributed by atoms with Gasteiger partial charge in [-0.2, -0.15) is 0 Å². The van der Waals surface area contributed by atoms with E-state index in [2.05, 4.69) is 84.6 Å². The first kappa shape index (κ1) is 90.7. The number of rotatable bonds is 0. The van der Waals surface area contributed by atoms with Gasteiger partial charge in [-0.3, -0.25) is 15.0 Å². The maximum atomic E-state index is 3.98. The van der Waals surface area contributed by atoms with Gasteiger partial charge >= 0.3 is 0 Å². The van der Waals surface area contributed by atoms with Crippen molar-refractivity contribution < 1.29 is 0 Å². The third-order valence-electron chi connectivity index (χ3n) is 5.65. The highest BCUT2D eigenvalue weighted by molar-refractivity contribution is 7.10. The second kappa shape index (κ2) is 93.8. The summed E-state index contributed by atoms with van der Waals surface area (Å²) in [5.41, 5.74) is 7.68. The number of thiophene rings is 2. The Morgan fingerprint density at radius 3 is 0.797 bits per heavy atom. The van der Waals surface area contributed by atoms with Crippen molar-refractivity contribution in [3.05, 3.63) is 170 Å². The number of hydrogen-bond donors (Lipinski definition) is 0. The molecule has 0 N–H and O–H groups in total. The van der Waals surface area contributed by atoms with Gasteiger partial charge in [0.1, 0.15) is 0 Å². The Bertz CT molecular complexity index is 1210. The standard InChI is InChI=1S/C7H8.3C6H7N.2C6H8S.10C2H6.2CH4/c1-7-5-3-2-4-6-7;1-6-2-4-7-5-3-6;1-6-3-2-4-7-5-6;1-6-4-2-3-5-7-6;2*1-5-3-4-7-6(5)2;10*1-2;;/h2-6H,1H3;3*2-5H,1H3;2*3-4H,1-2H3;10*1-2H3;2*1H4. The summed E-state index contributed by atoms with van der Waals surface area (Å²) in [4.78, 5) is 14.6. The maximum Gasteiger partial charge on any atom is 0.0372 e. The average Bonchev–Trinajstić information content (AvgIpc) is 3.95. The third-order valence-corrected chi connectivity index (χ3v) is 7.54. The number of pyridine rings is 3. The van der Waals surface area contributed by atoms with Gasteiger partial charge in [-0.1, -0.05) is 201 Å². The molecule has 5 aromatic heterocycles. The molecule has 1 aromatic carbocycles. The molecule has 5 heterocycles. The van der Waals surface area contributed by atoms with E-state index >= 15 is 0 Å². The lowest BCUT2D eigenvalue weighted by Crippen LogP contribution is -1.72. The van der Waals surface area contributed by atoms with Crippen molar-refractivity contribution in [2.24, 2.45) is 0 Å². The van der Waals surface area contributed by atoms with Crippen molar-refractivity contribution >= 4 is 22.7 Å². The first-order valence-electron chi connectivity index (χ1n) is 23.8. The molecule has 5 heteroatoms. The summed E-state index contributed by atoms with van der Waals surface area (Å²) in [6.07, 6.45) is 8.97. The Morgan fingerprint density at radius 2 is 0.656 bits per heavy atom. The van der Waals surface area contributed by atoms with Crippen molar-refractivity contribution in [2.45, 2.75) is 209 Å². The lowest BCUT2D eigenvalue weighted by atomic mass is 10.2. The largest absolute Gasteiger partial charge is 0.265 e. The molecule has 0 fully saturated rings. The van der Waals surface area contributed by atoms with E-state index in [0.29, 0.717) is 0 Å². The molecule has 0 atom stereocenters. The van der Waals surface area contributed by atoms with Crippen LogP contribution in [0.3, 0.4) is 0 Å². The topological polar surface area (TPSA) is 38.7 Å². The van der Waals surface area contributed by atoms with Crippen LogP contribution in [0.5, 0.6) is 0 Å². The highest BCUT2D eigenvalue weighted by Crippen LogP contribution is 2.12. The van der Waals surface area contributed by atoms with Crippen molar-refractivity contribution in [1.29, 1.82) is 0 Å². The zero-order chi connectivity index (χ0) is 51.0. The Hall–Kier alpha value is -3.93. The van der Waals surface area contributed by atoms with E-state index < -0.39 is 0 Å². The number of nitrogens with zero attached hydrogens (tertiary/aromatic N) is 3. The fourth-order valence-electron chi connectivity index (χ4n) is 2.75. The van der Waals surface area contributed by atoms with Crippen LogP contribution < -0.4 is 0 Å². The van der Waals surface area contributed by atoms with E-state index in [1.807, 2.05) is 226 Å². The van der Waals surface area contributed by atoms with Crippen molar-refractivity contribution in [3.8, 4) is 0 Å². The first-order chi connectivity index (χ1) is 30.2. The number of hydrogen-bond acceptors (Lipinski definition) is 5. The number of benzene rings is 1. The predicted octanol–water partition coefficient (Wildman–Crippen LogP) is 22.4. The monoisotopic (exact) mass is 928 g/mol. The van der Waals surface area contributed by atoms with E-state index in [1.165, 1.54) is 37.6 Å². The zero-order valence-electron chi connectivity index (χ0n) is 46.3. The minimum atomic E-state index is 0. The molecule has 3 nitrogen and oxygen atoms in total. The summed E-state index contributed by atoms with van der Waals surface area (Å²) in [7, 11) is 0. The highest BCUT2D eigenvalue weighted by Gasteiger charge is 1.87. The molecule has 6 rings (SSSR count). The van der Waals surface area contributed by atoms with Gasteiger partial charge in [0.25, 0.3) is 0 Å². The van der Waals surface area contributed by atoms with Gasteiger partial charge in [-0.15, -0.1) is 22.7 Å². The molecule has 0 saturated heterocycles. The average molecular weight is 929 g/mol. The summed E-state index contributed by atoms with van der Waals surface area (Å²) in [5, 5.41) is 4.23. The molecule has 6 aromatic rings. The minimum Gasteiger partial charge on any atom is -0.265 e. The van der Waals surface area contributed by atoms with Gasteiger partial charge in [0, 0.05) is 46.4 Å². The lowest BCUT2D eigenvalue weighted by molar-refractivity contribution is 1.20.